The first kappa shape index (κ1) is 20.8. The van der Waals surface area contributed by atoms with Crippen LogP contribution in [0.4, 0.5) is 4.79 Å². The predicted octanol–water partition coefficient (Wildman–Crippen LogP) is 4.21. The average molecular weight is 392 g/mol. The van der Waals surface area contributed by atoms with E-state index in [9.17, 15) is 14.4 Å². The van der Waals surface area contributed by atoms with E-state index in [4.69, 9.17) is 0 Å². The highest BCUT2D eigenvalue weighted by Crippen LogP contribution is 2.16. The second-order valence-electron chi connectivity index (χ2n) is 7.44. The number of rotatable bonds is 10. The number of urea groups is 1. The van der Waals surface area contributed by atoms with Gasteiger partial charge in [-0.1, -0.05) is 60.7 Å². The third-order valence-corrected chi connectivity index (χ3v) is 5.25. The lowest BCUT2D eigenvalue weighted by Crippen LogP contribution is -2.55. The monoisotopic (exact) mass is 392 g/mol. The molecule has 4 amide bonds. The molecule has 1 fully saturated rings. The number of hydrogen-bond acceptors (Lipinski definition) is 3. The summed E-state index contributed by atoms with van der Waals surface area (Å²) in [7, 11) is 0. The zero-order valence-electron chi connectivity index (χ0n) is 16.8. The van der Waals surface area contributed by atoms with Gasteiger partial charge in [0.15, 0.2) is 0 Å². The Morgan fingerprint density at radius 1 is 0.586 bits per heavy atom. The van der Waals surface area contributed by atoms with Crippen LogP contribution in [-0.2, 0) is 22.4 Å². The van der Waals surface area contributed by atoms with Gasteiger partial charge in [0, 0.05) is 13.1 Å². The van der Waals surface area contributed by atoms with Gasteiger partial charge in [0.2, 0.25) is 11.8 Å². The average Bonchev–Trinajstić information content (AvgIpc) is 2.74. The number of benzene rings is 2. The van der Waals surface area contributed by atoms with E-state index >= 15 is 0 Å². The minimum absolute atomic E-state index is 0.205. The lowest BCUT2D eigenvalue weighted by atomic mass is 10.1. The maximum Gasteiger partial charge on any atom is 0.333 e. The molecule has 0 aliphatic carbocycles. The molecule has 0 atom stereocenters. The van der Waals surface area contributed by atoms with Crippen molar-refractivity contribution in [2.75, 3.05) is 13.1 Å². The van der Waals surface area contributed by atoms with Crippen LogP contribution in [0.15, 0.2) is 60.7 Å². The van der Waals surface area contributed by atoms with Crippen LogP contribution in [0.5, 0.6) is 0 Å². The fourth-order valence-corrected chi connectivity index (χ4v) is 3.61. The standard InChI is InChI=1S/C24H28N2O3/c27-22-19-23(28)26(18-10-8-16-21-13-5-2-6-14-21)24(29)25(22)17-9-7-15-20-11-3-1-4-12-20/h1-6,11-14H,7-10,15-19H2. The predicted molar refractivity (Wildman–Crippen MR) is 112 cm³/mol. The Morgan fingerprint density at radius 2 is 1.00 bits per heavy atom. The quantitative estimate of drug-likeness (QED) is 0.449. The first-order valence-corrected chi connectivity index (χ1v) is 10.4. The topological polar surface area (TPSA) is 57.7 Å². The zero-order chi connectivity index (χ0) is 20.5. The molecule has 0 saturated carbocycles. The van der Waals surface area contributed by atoms with Crippen molar-refractivity contribution in [1.29, 1.82) is 0 Å². The van der Waals surface area contributed by atoms with Gasteiger partial charge in [-0.15, -0.1) is 0 Å². The Morgan fingerprint density at radius 3 is 1.41 bits per heavy atom. The third kappa shape index (κ3) is 6.01. The van der Waals surface area contributed by atoms with Crippen molar-refractivity contribution in [2.24, 2.45) is 0 Å². The van der Waals surface area contributed by atoms with Crippen LogP contribution in [0.25, 0.3) is 0 Å². The van der Waals surface area contributed by atoms with Crippen LogP contribution < -0.4 is 0 Å². The highest BCUT2D eigenvalue weighted by atomic mass is 16.2. The van der Waals surface area contributed by atoms with Crippen LogP contribution in [0, 0.1) is 0 Å². The van der Waals surface area contributed by atoms with Gasteiger partial charge in [0.1, 0.15) is 6.42 Å². The minimum Gasteiger partial charge on any atom is -0.274 e. The van der Waals surface area contributed by atoms with E-state index in [1.54, 1.807) is 0 Å². The number of hydrogen-bond donors (Lipinski definition) is 0. The normalized spacial score (nSPS) is 14.6. The van der Waals surface area contributed by atoms with Gasteiger partial charge in [-0.05, 0) is 49.7 Å². The number of nitrogens with zero attached hydrogens (tertiary/aromatic N) is 2. The van der Waals surface area contributed by atoms with Crippen molar-refractivity contribution < 1.29 is 14.4 Å². The van der Waals surface area contributed by atoms with Crippen molar-refractivity contribution in [3.05, 3.63) is 71.8 Å². The maximum atomic E-state index is 12.7. The van der Waals surface area contributed by atoms with Crippen LogP contribution in [0.1, 0.15) is 43.2 Å². The molecule has 2 aromatic carbocycles. The molecular weight excluding hydrogens is 364 g/mol. The van der Waals surface area contributed by atoms with E-state index in [-0.39, 0.29) is 18.2 Å². The van der Waals surface area contributed by atoms with E-state index in [2.05, 4.69) is 24.3 Å². The van der Waals surface area contributed by atoms with E-state index in [0.717, 1.165) is 38.5 Å². The van der Waals surface area contributed by atoms with E-state index in [1.165, 1.54) is 20.9 Å². The molecule has 2 aromatic rings. The van der Waals surface area contributed by atoms with Gasteiger partial charge in [0.25, 0.3) is 0 Å². The molecule has 1 aliphatic rings. The second kappa shape index (κ2) is 10.6. The van der Waals surface area contributed by atoms with Crippen molar-refractivity contribution in [1.82, 2.24) is 9.80 Å². The smallest absolute Gasteiger partial charge is 0.274 e. The lowest BCUT2D eigenvalue weighted by Gasteiger charge is -2.32. The van der Waals surface area contributed by atoms with Crippen molar-refractivity contribution in [3.63, 3.8) is 0 Å². The molecule has 1 aliphatic heterocycles. The molecule has 0 aromatic heterocycles. The molecular formula is C24H28N2O3. The van der Waals surface area contributed by atoms with Gasteiger partial charge in [-0.3, -0.25) is 19.4 Å². The zero-order valence-corrected chi connectivity index (χ0v) is 16.8. The van der Waals surface area contributed by atoms with E-state index < -0.39 is 6.03 Å². The summed E-state index contributed by atoms with van der Waals surface area (Å²) >= 11 is 0. The Kier molecular flexibility index (Phi) is 7.56. The first-order chi connectivity index (χ1) is 14.1. The largest absolute Gasteiger partial charge is 0.333 e. The van der Waals surface area contributed by atoms with Crippen molar-refractivity contribution in [2.45, 2.75) is 44.9 Å². The molecule has 3 rings (SSSR count). The Hall–Kier alpha value is -2.95. The summed E-state index contributed by atoms with van der Waals surface area (Å²) in [6.07, 6.45) is 4.89. The van der Waals surface area contributed by atoms with Gasteiger partial charge in [0.05, 0.1) is 0 Å². The number of imide groups is 2. The number of carbonyl (C=O) groups is 3. The molecule has 5 heteroatoms. The highest BCUT2D eigenvalue weighted by Gasteiger charge is 2.36. The second-order valence-corrected chi connectivity index (χ2v) is 7.44. The van der Waals surface area contributed by atoms with Crippen LogP contribution in [0.3, 0.4) is 0 Å². The third-order valence-electron chi connectivity index (χ3n) is 5.25. The molecule has 0 N–H and O–H groups in total. The number of amides is 4. The SMILES string of the molecule is O=C1CC(=O)N(CCCCc2ccccc2)C(=O)N1CCCCc1ccccc1. The number of aryl methyl sites for hydroxylation is 2. The molecule has 0 spiro atoms. The molecule has 1 saturated heterocycles. The summed E-state index contributed by atoms with van der Waals surface area (Å²) in [5.41, 5.74) is 2.50. The van der Waals surface area contributed by atoms with Crippen LogP contribution in [-0.4, -0.2) is 40.7 Å². The molecule has 152 valence electrons. The van der Waals surface area contributed by atoms with Gasteiger partial charge in [-0.25, -0.2) is 4.79 Å². The number of unbranched alkanes of at least 4 members (excludes halogenated alkanes) is 2. The maximum absolute atomic E-state index is 12.7. The van der Waals surface area contributed by atoms with E-state index in [0.29, 0.717) is 13.1 Å². The molecule has 5 nitrogen and oxygen atoms in total. The minimum atomic E-state index is -0.453. The fourth-order valence-electron chi connectivity index (χ4n) is 3.61. The summed E-state index contributed by atoms with van der Waals surface area (Å²) in [5, 5.41) is 0. The molecule has 0 unspecified atom stereocenters. The molecule has 29 heavy (non-hydrogen) atoms. The van der Waals surface area contributed by atoms with Gasteiger partial charge < -0.3 is 0 Å². The molecule has 0 bridgehead atoms. The summed E-state index contributed by atoms with van der Waals surface area (Å²) in [5.74, 6) is -0.750. The summed E-state index contributed by atoms with van der Waals surface area (Å²) < 4.78 is 0. The highest BCUT2D eigenvalue weighted by molar-refractivity contribution is 6.14. The van der Waals surface area contributed by atoms with E-state index in [1.807, 2.05) is 36.4 Å². The molecule has 1 heterocycles. The first-order valence-electron chi connectivity index (χ1n) is 10.4. The fraction of sp³-hybridized carbons (Fsp3) is 0.375. The van der Waals surface area contributed by atoms with Gasteiger partial charge in [-0.2, -0.15) is 0 Å². The summed E-state index contributed by atoms with van der Waals surface area (Å²) in [4.78, 5) is 39.6. The van der Waals surface area contributed by atoms with Gasteiger partial charge >= 0.3 is 6.03 Å². The Labute approximate surface area is 172 Å². The van der Waals surface area contributed by atoms with Crippen molar-refractivity contribution in [3.8, 4) is 0 Å². The van der Waals surface area contributed by atoms with Crippen LogP contribution in [0.2, 0.25) is 0 Å². The van der Waals surface area contributed by atoms with Crippen molar-refractivity contribution >= 4 is 17.8 Å². The van der Waals surface area contributed by atoms with Crippen LogP contribution >= 0.6 is 0 Å². The lowest BCUT2D eigenvalue weighted by molar-refractivity contribution is -0.142. The summed E-state index contributed by atoms with van der Waals surface area (Å²) in [6, 6.07) is 19.9. The Bertz CT molecular complexity index is 753. The molecule has 0 radical (unpaired) electrons. The Balaban J connectivity index is 1.44. The number of barbiturate groups is 1. The number of carbonyl (C=O) groups excluding carboxylic acids is 3. The summed E-state index contributed by atoms with van der Waals surface area (Å²) in [6.45, 7) is 0.747.